The zero-order chi connectivity index (χ0) is 22.9. The molecule has 1 amide bonds. The number of unbranched alkanes of at least 4 members (excludes halogenated alkanes) is 1. The van der Waals surface area contributed by atoms with Crippen molar-refractivity contribution >= 4 is 12.1 Å². The zero-order valence-electron chi connectivity index (χ0n) is 20.1. The van der Waals surface area contributed by atoms with Gasteiger partial charge in [0.15, 0.2) is 6.23 Å². The number of hydrogen-bond acceptors (Lipinski definition) is 7. The Bertz CT molecular complexity index is 591. The van der Waals surface area contributed by atoms with Crippen molar-refractivity contribution in [3.8, 4) is 0 Å². The number of piperazine rings is 2. The number of aliphatic carboxylic acids is 1. The average Bonchev–Trinajstić information content (AvgIpc) is 3.06. The lowest BCUT2D eigenvalue weighted by atomic mass is 10.2. The van der Waals surface area contributed by atoms with Crippen LogP contribution in [-0.4, -0.2) is 132 Å². The van der Waals surface area contributed by atoms with Crippen molar-refractivity contribution in [1.29, 1.82) is 0 Å². The zero-order valence-corrected chi connectivity index (χ0v) is 20.1. The second-order valence-corrected chi connectivity index (χ2v) is 9.47. The maximum atomic E-state index is 12.5. The van der Waals surface area contributed by atoms with Gasteiger partial charge in [0, 0.05) is 65.3 Å². The van der Waals surface area contributed by atoms with Gasteiger partial charge in [-0.1, -0.05) is 6.92 Å². The molecule has 1 N–H and O–H groups in total. The maximum Gasteiger partial charge on any atom is 0.411 e. The molecule has 0 radical (unpaired) electrons. The van der Waals surface area contributed by atoms with Gasteiger partial charge in [0.05, 0.1) is 6.04 Å². The smallest absolute Gasteiger partial charge is 0.411 e. The molecule has 3 aliphatic heterocycles. The molecule has 0 aromatic rings. The lowest BCUT2D eigenvalue weighted by Gasteiger charge is -2.38. The van der Waals surface area contributed by atoms with Crippen LogP contribution in [0, 0.1) is 0 Å². The highest BCUT2D eigenvalue weighted by molar-refractivity contribution is 5.70. The lowest BCUT2D eigenvalue weighted by molar-refractivity contribution is -0.137. The molecule has 3 fully saturated rings. The van der Waals surface area contributed by atoms with Crippen molar-refractivity contribution in [3.05, 3.63) is 0 Å². The molecule has 184 valence electrons. The molecule has 32 heavy (non-hydrogen) atoms. The first-order chi connectivity index (χ1) is 15.5. The number of hydrogen-bond donors (Lipinski definition) is 1. The molecule has 0 aliphatic carbocycles. The standard InChI is InChI=1S/C23H43N5O4/c1-3-8-24-12-14-25(15-13-24)9-4-5-11-28-20(2)22(32-23(28)31)27-18-16-26(17-19-27)10-6-7-21(29)30/h20,22H,3-19H2,1-2H3,(H,29,30). The van der Waals surface area contributed by atoms with Crippen LogP contribution >= 0.6 is 0 Å². The first-order valence-electron chi connectivity index (χ1n) is 12.6. The first-order valence-corrected chi connectivity index (χ1v) is 12.6. The summed E-state index contributed by atoms with van der Waals surface area (Å²) in [6.45, 7) is 16.4. The summed E-state index contributed by atoms with van der Waals surface area (Å²) >= 11 is 0. The maximum absolute atomic E-state index is 12.5. The molecule has 0 aromatic heterocycles. The second-order valence-electron chi connectivity index (χ2n) is 9.47. The van der Waals surface area contributed by atoms with Crippen molar-refractivity contribution in [2.45, 2.75) is 58.2 Å². The van der Waals surface area contributed by atoms with E-state index in [4.69, 9.17) is 9.84 Å². The first kappa shape index (κ1) is 25.2. The lowest BCUT2D eigenvalue weighted by Crippen LogP contribution is -2.53. The van der Waals surface area contributed by atoms with Crippen molar-refractivity contribution in [1.82, 2.24) is 24.5 Å². The fourth-order valence-electron chi connectivity index (χ4n) is 5.13. The van der Waals surface area contributed by atoms with Crippen LogP contribution < -0.4 is 0 Å². The molecule has 9 nitrogen and oxygen atoms in total. The summed E-state index contributed by atoms with van der Waals surface area (Å²) < 4.78 is 5.76. The normalized spacial score (nSPS) is 26.6. The molecule has 3 rings (SSSR count). The Labute approximate surface area is 193 Å². The largest absolute Gasteiger partial charge is 0.481 e. The van der Waals surface area contributed by atoms with E-state index in [0.29, 0.717) is 6.42 Å². The number of carboxylic acid groups (broad SMARTS) is 1. The van der Waals surface area contributed by atoms with Crippen LogP contribution in [0.15, 0.2) is 0 Å². The topological polar surface area (TPSA) is 79.8 Å². The molecular formula is C23H43N5O4. The van der Waals surface area contributed by atoms with E-state index in [9.17, 15) is 9.59 Å². The van der Waals surface area contributed by atoms with E-state index < -0.39 is 5.97 Å². The summed E-state index contributed by atoms with van der Waals surface area (Å²) in [5.74, 6) is -0.732. The van der Waals surface area contributed by atoms with E-state index in [-0.39, 0.29) is 24.8 Å². The Kier molecular flexibility index (Phi) is 10.0. The van der Waals surface area contributed by atoms with Crippen molar-refractivity contribution in [2.24, 2.45) is 0 Å². The summed E-state index contributed by atoms with van der Waals surface area (Å²) in [7, 11) is 0. The predicted molar refractivity (Wildman–Crippen MR) is 124 cm³/mol. The van der Waals surface area contributed by atoms with Gasteiger partial charge in [-0.05, 0) is 52.2 Å². The van der Waals surface area contributed by atoms with Crippen molar-refractivity contribution in [2.75, 3.05) is 78.5 Å². The van der Waals surface area contributed by atoms with Gasteiger partial charge in [0.25, 0.3) is 0 Å². The van der Waals surface area contributed by atoms with E-state index in [1.165, 1.54) is 26.1 Å². The molecule has 3 heterocycles. The van der Waals surface area contributed by atoms with Gasteiger partial charge < -0.3 is 29.4 Å². The van der Waals surface area contributed by atoms with E-state index in [2.05, 4.69) is 33.4 Å². The van der Waals surface area contributed by atoms with Crippen molar-refractivity contribution in [3.63, 3.8) is 0 Å². The SMILES string of the molecule is CCCN1CCN(CCCCN2C(=O)OC(N3CCN(CCCC(=O)O)CC3)C2C)CC1. The highest BCUT2D eigenvalue weighted by atomic mass is 16.6. The number of cyclic esters (lactones) is 1. The fourth-order valence-corrected chi connectivity index (χ4v) is 5.13. The van der Waals surface area contributed by atoms with Gasteiger partial charge >= 0.3 is 12.1 Å². The number of amides is 1. The molecule has 2 unspecified atom stereocenters. The predicted octanol–water partition coefficient (Wildman–Crippen LogP) is 1.44. The monoisotopic (exact) mass is 453 g/mol. The van der Waals surface area contributed by atoms with Crippen LogP contribution in [0.1, 0.15) is 46.0 Å². The quantitative estimate of drug-likeness (QED) is 0.445. The molecule has 9 heteroatoms. The Balaban J connectivity index is 1.32. The van der Waals surface area contributed by atoms with Crippen LogP contribution in [0.4, 0.5) is 4.79 Å². The van der Waals surface area contributed by atoms with Crippen LogP contribution in [0.2, 0.25) is 0 Å². The Hall–Kier alpha value is -1.42. The van der Waals surface area contributed by atoms with Gasteiger partial charge in [0.2, 0.25) is 0 Å². The van der Waals surface area contributed by atoms with Crippen LogP contribution in [-0.2, 0) is 9.53 Å². The highest BCUT2D eigenvalue weighted by Crippen LogP contribution is 2.24. The molecule has 3 aliphatic rings. The van der Waals surface area contributed by atoms with Crippen LogP contribution in [0.25, 0.3) is 0 Å². The third-order valence-electron chi connectivity index (χ3n) is 7.12. The number of carbonyl (C=O) groups is 2. The summed E-state index contributed by atoms with van der Waals surface area (Å²) in [4.78, 5) is 34.8. The van der Waals surface area contributed by atoms with E-state index in [1.807, 2.05) is 4.90 Å². The fraction of sp³-hybridized carbons (Fsp3) is 0.913. The number of ether oxygens (including phenoxy) is 1. The Morgan fingerprint density at radius 1 is 0.875 bits per heavy atom. The van der Waals surface area contributed by atoms with Crippen LogP contribution in [0.3, 0.4) is 0 Å². The summed E-state index contributed by atoms with van der Waals surface area (Å²) in [5.41, 5.74) is 0. The van der Waals surface area contributed by atoms with Crippen molar-refractivity contribution < 1.29 is 19.4 Å². The number of carbonyl (C=O) groups excluding carboxylic acids is 1. The van der Waals surface area contributed by atoms with E-state index in [1.54, 1.807) is 0 Å². The molecule has 0 saturated carbocycles. The highest BCUT2D eigenvalue weighted by Gasteiger charge is 2.42. The van der Waals surface area contributed by atoms with Gasteiger partial charge in [-0.25, -0.2) is 4.79 Å². The van der Waals surface area contributed by atoms with Gasteiger partial charge in [0.1, 0.15) is 0 Å². The average molecular weight is 454 g/mol. The molecule has 2 atom stereocenters. The minimum atomic E-state index is -0.732. The third-order valence-corrected chi connectivity index (χ3v) is 7.12. The minimum Gasteiger partial charge on any atom is -0.481 e. The summed E-state index contributed by atoms with van der Waals surface area (Å²) in [6, 6.07) is 0.0682. The number of rotatable bonds is 12. The van der Waals surface area contributed by atoms with E-state index >= 15 is 0 Å². The molecule has 0 aromatic carbocycles. The summed E-state index contributed by atoms with van der Waals surface area (Å²) in [6.07, 6.45) is 3.92. The Morgan fingerprint density at radius 3 is 2.00 bits per heavy atom. The van der Waals surface area contributed by atoms with Gasteiger partial charge in [-0.15, -0.1) is 0 Å². The second kappa shape index (κ2) is 12.7. The Morgan fingerprint density at radius 2 is 1.41 bits per heavy atom. The molecular weight excluding hydrogens is 410 g/mol. The molecule has 0 bridgehead atoms. The number of nitrogens with zero attached hydrogens (tertiary/aromatic N) is 5. The van der Waals surface area contributed by atoms with Crippen LogP contribution in [0.5, 0.6) is 0 Å². The van der Waals surface area contributed by atoms with Gasteiger partial charge in [-0.2, -0.15) is 0 Å². The minimum absolute atomic E-state index is 0.0682. The molecule has 0 spiro atoms. The molecule has 3 saturated heterocycles. The number of carboxylic acids is 1. The summed E-state index contributed by atoms with van der Waals surface area (Å²) in [5, 5.41) is 8.79. The van der Waals surface area contributed by atoms with E-state index in [0.717, 1.165) is 71.7 Å². The third kappa shape index (κ3) is 7.30. The van der Waals surface area contributed by atoms with Gasteiger partial charge in [-0.3, -0.25) is 9.69 Å².